The van der Waals surface area contributed by atoms with Gasteiger partial charge in [-0.1, -0.05) is 24.3 Å². The lowest BCUT2D eigenvalue weighted by atomic mass is 9.92. The average molecular weight is 650 g/mol. The van der Waals surface area contributed by atoms with E-state index < -0.39 is 56.7 Å². The lowest BCUT2D eigenvalue weighted by Gasteiger charge is -2.30. The maximum atomic E-state index is 12.4. The van der Waals surface area contributed by atoms with E-state index in [1.807, 2.05) is 0 Å². The van der Waals surface area contributed by atoms with Crippen molar-refractivity contribution in [1.29, 1.82) is 0 Å². The van der Waals surface area contributed by atoms with Crippen LogP contribution in [0.1, 0.15) is 48.4 Å². The molecule has 14 nitrogen and oxygen atoms in total. The molecule has 0 radical (unpaired) electrons. The third-order valence-electron chi connectivity index (χ3n) is 5.52. The van der Waals surface area contributed by atoms with E-state index in [1.54, 1.807) is 12.1 Å². The first-order valence-electron chi connectivity index (χ1n) is 12.2. The van der Waals surface area contributed by atoms with E-state index in [4.69, 9.17) is 18.9 Å². The van der Waals surface area contributed by atoms with Crippen molar-refractivity contribution in [3.8, 4) is 0 Å². The molecular weight excluding hydrogens is 623 g/mol. The molecule has 2 amide bonds. The van der Waals surface area contributed by atoms with E-state index in [0.29, 0.717) is 5.39 Å². The summed E-state index contributed by atoms with van der Waals surface area (Å²) in [6.45, 7) is 3.91. The van der Waals surface area contributed by atoms with Gasteiger partial charge in [0.2, 0.25) is 0 Å². The highest BCUT2D eigenvalue weighted by Gasteiger charge is 2.51. The molecule has 3 rings (SSSR count). The number of nitrogens with zero attached hydrogens (tertiary/aromatic N) is 1. The van der Waals surface area contributed by atoms with Gasteiger partial charge in [0.05, 0.1) is 11.1 Å². The predicted octanol–water partition coefficient (Wildman–Crippen LogP) is 2.44. The quantitative estimate of drug-likeness (QED) is 0.158. The van der Waals surface area contributed by atoms with Gasteiger partial charge in [0.25, 0.3) is 11.8 Å². The van der Waals surface area contributed by atoms with E-state index in [-0.39, 0.29) is 48.0 Å². The molecule has 0 fully saturated rings. The normalized spacial score (nSPS) is 13.0. The summed E-state index contributed by atoms with van der Waals surface area (Å²) in [7, 11) is -6.15. The number of imide groups is 1. The number of halogens is 3. The van der Waals surface area contributed by atoms with Crippen LogP contribution in [0.3, 0.4) is 0 Å². The molecule has 18 heteroatoms. The second-order valence-corrected chi connectivity index (χ2v) is 10.7. The fraction of sp³-hybridized carbons (Fsp3) is 0.385. The summed E-state index contributed by atoms with van der Waals surface area (Å²) >= 11 is 0. The Balaban J connectivity index is 0.000000309. The van der Waals surface area contributed by atoms with Gasteiger partial charge in [-0.15, -0.1) is 9.35 Å². The summed E-state index contributed by atoms with van der Waals surface area (Å²) in [5.41, 5.74) is -7.17. The number of hydroxylamine groups is 2. The second kappa shape index (κ2) is 14.3. The molecule has 0 saturated carbocycles. The summed E-state index contributed by atoms with van der Waals surface area (Å²) in [6, 6.07) is 8.63. The first kappa shape index (κ1) is 35.6. The molecular formula is C26H26F3NO13S. The molecule has 0 N–H and O–H groups in total. The molecule has 44 heavy (non-hydrogen) atoms. The topological polar surface area (TPSA) is 186 Å². The SMILES string of the molecule is CC(=O)OCC(COC(C)=O)(COC(C)=O)COC(C)=O.O=C1c2cccc3cccc(c23)C(=O)N1OS(=O)(=O)C(F)(F)F. The summed E-state index contributed by atoms with van der Waals surface area (Å²) < 4.78 is 82.7. The van der Waals surface area contributed by atoms with Crippen molar-refractivity contribution in [2.75, 3.05) is 26.4 Å². The van der Waals surface area contributed by atoms with Crippen LogP contribution >= 0.6 is 0 Å². The van der Waals surface area contributed by atoms with Crippen LogP contribution in [0.25, 0.3) is 10.8 Å². The van der Waals surface area contributed by atoms with Gasteiger partial charge in [0, 0.05) is 33.1 Å². The zero-order chi connectivity index (χ0) is 33.5. The molecule has 0 atom stereocenters. The van der Waals surface area contributed by atoms with Gasteiger partial charge in [-0.05, 0) is 17.5 Å². The highest BCUT2D eigenvalue weighted by atomic mass is 32.2. The van der Waals surface area contributed by atoms with E-state index in [9.17, 15) is 50.4 Å². The highest BCUT2D eigenvalue weighted by molar-refractivity contribution is 7.87. The van der Waals surface area contributed by atoms with Crippen LogP contribution in [0.15, 0.2) is 36.4 Å². The number of carbonyl (C=O) groups is 6. The molecule has 1 aliphatic rings. The summed E-state index contributed by atoms with van der Waals surface area (Å²) in [6.07, 6.45) is 0. The maximum Gasteiger partial charge on any atom is 0.525 e. The van der Waals surface area contributed by atoms with Crippen molar-refractivity contribution in [1.82, 2.24) is 5.06 Å². The lowest BCUT2D eigenvalue weighted by molar-refractivity contribution is -0.167. The molecule has 1 heterocycles. The van der Waals surface area contributed by atoms with Crippen molar-refractivity contribution in [2.24, 2.45) is 5.41 Å². The van der Waals surface area contributed by atoms with Crippen molar-refractivity contribution >= 4 is 56.6 Å². The first-order chi connectivity index (χ1) is 20.3. The molecule has 2 aromatic rings. The van der Waals surface area contributed by atoms with Crippen molar-refractivity contribution in [2.45, 2.75) is 33.2 Å². The number of hydrogen-bond donors (Lipinski definition) is 0. The molecule has 0 bridgehead atoms. The number of carbonyl (C=O) groups excluding carboxylic acids is 6. The zero-order valence-corrected chi connectivity index (χ0v) is 24.4. The van der Waals surface area contributed by atoms with Gasteiger partial charge in [-0.3, -0.25) is 28.8 Å². The number of esters is 4. The Morgan fingerprint density at radius 1 is 0.682 bits per heavy atom. The van der Waals surface area contributed by atoms with Crippen LogP contribution in [0.2, 0.25) is 0 Å². The summed E-state index contributed by atoms with van der Waals surface area (Å²) in [5, 5.41) is 0.356. The van der Waals surface area contributed by atoms with Crippen LogP contribution in [0, 0.1) is 5.41 Å². The Hall–Kier alpha value is -4.58. The van der Waals surface area contributed by atoms with E-state index in [1.165, 1.54) is 52.0 Å². The third kappa shape index (κ3) is 9.21. The number of ether oxygens (including phenoxy) is 4. The van der Waals surface area contributed by atoms with Gasteiger partial charge in [0.15, 0.2) is 0 Å². The second-order valence-electron chi connectivity index (χ2n) is 9.21. The maximum absolute atomic E-state index is 12.4. The third-order valence-corrected chi connectivity index (χ3v) is 6.43. The minimum atomic E-state index is -6.15. The fourth-order valence-corrected chi connectivity index (χ4v) is 3.90. The van der Waals surface area contributed by atoms with Gasteiger partial charge < -0.3 is 18.9 Å². The molecule has 0 saturated heterocycles. The minimum absolute atomic E-state index is 0.130. The Morgan fingerprint density at radius 3 is 1.32 bits per heavy atom. The fourth-order valence-electron chi connectivity index (χ4n) is 3.49. The average Bonchev–Trinajstić information content (AvgIpc) is 2.92. The number of benzene rings is 2. The molecule has 2 aromatic carbocycles. The summed E-state index contributed by atoms with van der Waals surface area (Å²) in [4.78, 5) is 68.2. The first-order valence-corrected chi connectivity index (χ1v) is 13.7. The van der Waals surface area contributed by atoms with Gasteiger partial charge in [0.1, 0.15) is 31.8 Å². The van der Waals surface area contributed by atoms with Crippen molar-refractivity contribution in [3.05, 3.63) is 47.5 Å². The molecule has 0 aromatic heterocycles. The highest BCUT2D eigenvalue weighted by Crippen LogP contribution is 2.33. The number of hydrogen-bond acceptors (Lipinski definition) is 13. The predicted molar refractivity (Wildman–Crippen MR) is 139 cm³/mol. The Labute approximate surface area is 248 Å². The van der Waals surface area contributed by atoms with Gasteiger partial charge in [-0.2, -0.15) is 21.6 Å². The van der Waals surface area contributed by atoms with Crippen LogP contribution in [0.5, 0.6) is 0 Å². The zero-order valence-electron chi connectivity index (χ0n) is 23.6. The monoisotopic (exact) mass is 649 g/mol. The Bertz CT molecular complexity index is 1440. The lowest BCUT2D eigenvalue weighted by Crippen LogP contribution is -2.44. The Kier molecular flexibility index (Phi) is 11.5. The number of amides is 2. The van der Waals surface area contributed by atoms with Crippen molar-refractivity contribution < 1.29 is 73.6 Å². The minimum Gasteiger partial charge on any atom is -0.465 e. The molecule has 1 aliphatic heterocycles. The smallest absolute Gasteiger partial charge is 0.465 e. The van der Waals surface area contributed by atoms with Crippen LogP contribution in [0.4, 0.5) is 13.2 Å². The van der Waals surface area contributed by atoms with E-state index >= 15 is 0 Å². The largest absolute Gasteiger partial charge is 0.525 e. The van der Waals surface area contributed by atoms with Crippen LogP contribution < -0.4 is 0 Å². The van der Waals surface area contributed by atoms with Gasteiger partial charge in [-0.25, -0.2) is 0 Å². The van der Waals surface area contributed by atoms with Crippen LogP contribution in [-0.2, 0) is 52.5 Å². The molecule has 0 aliphatic carbocycles. The number of alkyl halides is 3. The van der Waals surface area contributed by atoms with Gasteiger partial charge >= 0.3 is 39.5 Å². The Morgan fingerprint density at radius 2 is 1.02 bits per heavy atom. The number of rotatable bonds is 10. The molecule has 0 spiro atoms. The van der Waals surface area contributed by atoms with Crippen molar-refractivity contribution in [3.63, 3.8) is 0 Å². The summed E-state index contributed by atoms with van der Waals surface area (Å²) in [5.74, 6) is -4.82. The van der Waals surface area contributed by atoms with Crippen LogP contribution in [-0.4, -0.2) is 81.1 Å². The molecule has 240 valence electrons. The standard InChI is InChI=1S/C13H6F3NO5S.C13H20O8/c14-13(15,16)23(20,21)22-17-11(18)8-5-1-3-7-4-2-6-9(10(7)8)12(17)19;1-9(14)18-5-13(6-19-10(2)15,7-20-11(3)16)8-21-12(4)17/h1-6H;5-8H2,1-4H3. The van der Waals surface area contributed by atoms with E-state index in [2.05, 4.69) is 4.28 Å². The van der Waals surface area contributed by atoms with E-state index in [0.717, 1.165) is 0 Å². The molecule has 0 unspecified atom stereocenters.